The van der Waals surface area contributed by atoms with Gasteiger partial charge in [0.1, 0.15) is 0 Å². The van der Waals surface area contributed by atoms with Gasteiger partial charge in [-0.1, -0.05) is 0 Å². The van der Waals surface area contributed by atoms with Crippen LogP contribution in [-0.4, -0.2) is 31.6 Å². The summed E-state index contributed by atoms with van der Waals surface area (Å²) in [4.78, 5) is 13.3. The molecule has 3 N–H and O–H groups in total. The van der Waals surface area contributed by atoms with Crippen LogP contribution in [0.2, 0.25) is 0 Å². The molecule has 2 rings (SSSR count). The molecule has 1 aliphatic rings. The van der Waals surface area contributed by atoms with Crippen LogP contribution in [0.15, 0.2) is 24.3 Å². The van der Waals surface area contributed by atoms with Gasteiger partial charge in [0.05, 0.1) is 0 Å². The topological polar surface area (TPSA) is 58.4 Å². The fourth-order valence-electron chi connectivity index (χ4n) is 2.04. The number of primary amides is 1. The van der Waals surface area contributed by atoms with Crippen molar-refractivity contribution in [3.05, 3.63) is 29.8 Å². The van der Waals surface area contributed by atoms with E-state index in [4.69, 9.17) is 5.73 Å². The number of nitrogens with two attached hydrogens (primary N) is 1. The molecule has 0 radical (unpaired) electrons. The number of hydrogen-bond donors (Lipinski definition) is 2. The summed E-state index contributed by atoms with van der Waals surface area (Å²) < 4.78 is 0. The number of carbonyl (C=O) groups excluding carboxylic acids is 1. The first-order valence-electron chi connectivity index (χ1n) is 5.55. The first-order chi connectivity index (χ1) is 7.68. The fourth-order valence-corrected chi connectivity index (χ4v) is 2.04. The normalized spacial score (nSPS) is 20.8. The molecular formula is C12H17N3O. The number of benzene rings is 1. The van der Waals surface area contributed by atoms with Crippen LogP contribution in [0.4, 0.5) is 5.69 Å². The third kappa shape index (κ3) is 2.17. The van der Waals surface area contributed by atoms with Crippen molar-refractivity contribution in [3.8, 4) is 0 Å². The van der Waals surface area contributed by atoms with Gasteiger partial charge in [-0.25, -0.2) is 0 Å². The second-order valence-corrected chi connectivity index (χ2v) is 4.16. The van der Waals surface area contributed by atoms with Crippen LogP contribution in [-0.2, 0) is 0 Å². The highest BCUT2D eigenvalue weighted by Crippen LogP contribution is 2.18. The monoisotopic (exact) mass is 219 g/mol. The minimum absolute atomic E-state index is 0.375. The van der Waals surface area contributed by atoms with Crippen LogP contribution in [0.5, 0.6) is 0 Å². The highest BCUT2D eigenvalue weighted by Gasteiger charge is 2.17. The van der Waals surface area contributed by atoms with Gasteiger partial charge in [0.25, 0.3) is 0 Å². The van der Waals surface area contributed by atoms with Crippen molar-refractivity contribution < 1.29 is 4.79 Å². The molecule has 0 spiro atoms. The molecule has 1 amide bonds. The fraction of sp³-hybridized carbons (Fsp3) is 0.417. The molecule has 1 fully saturated rings. The Bertz CT molecular complexity index is 374. The van der Waals surface area contributed by atoms with Crippen molar-refractivity contribution in [3.63, 3.8) is 0 Å². The maximum absolute atomic E-state index is 11.0. The van der Waals surface area contributed by atoms with Crippen LogP contribution in [0, 0.1) is 0 Å². The molecule has 1 aromatic rings. The van der Waals surface area contributed by atoms with E-state index in [0.29, 0.717) is 11.6 Å². The first kappa shape index (κ1) is 11.0. The summed E-state index contributed by atoms with van der Waals surface area (Å²) in [7, 11) is 0. The van der Waals surface area contributed by atoms with Crippen molar-refractivity contribution in [1.29, 1.82) is 0 Å². The van der Waals surface area contributed by atoms with Crippen LogP contribution in [0.3, 0.4) is 0 Å². The van der Waals surface area contributed by atoms with Crippen LogP contribution < -0.4 is 16.0 Å². The number of nitrogens with one attached hydrogen (secondary N) is 1. The predicted molar refractivity (Wildman–Crippen MR) is 64.6 cm³/mol. The second-order valence-electron chi connectivity index (χ2n) is 4.16. The number of amides is 1. The standard InChI is InChI=1S/C12H17N3O/c1-9-8-14-6-7-15(9)11-4-2-10(3-5-11)12(13)16/h2-5,9,14H,6-8H2,1H3,(H2,13,16). The predicted octanol–water partition coefficient (Wildman–Crippen LogP) is 0.584. The van der Waals surface area contributed by atoms with E-state index in [1.54, 1.807) is 12.1 Å². The van der Waals surface area contributed by atoms with E-state index in [1.807, 2.05) is 12.1 Å². The van der Waals surface area contributed by atoms with Crippen molar-refractivity contribution >= 4 is 11.6 Å². The molecule has 0 aliphatic carbocycles. The smallest absolute Gasteiger partial charge is 0.248 e. The quantitative estimate of drug-likeness (QED) is 0.765. The number of carbonyl (C=O) groups is 1. The lowest BCUT2D eigenvalue weighted by atomic mass is 10.1. The van der Waals surface area contributed by atoms with Crippen molar-refractivity contribution in [2.45, 2.75) is 13.0 Å². The van der Waals surface area contributed by atoms with Gasteiger partial charge in [0, 0.05) is 36.9 Å². The summed E-state index contributed by atoms with van der Waals surface area (Å²) in [6.45, 7) is 5.19. The Morgan fingerprint density at radius 1 is 1.44 bits per heavy atom. The van der Waals surface area contributed by atoms with Gasteiger partial charge in [0.15, 0.2) is 0 Å². The van der Waals surface area contributed by atoms with Gasteiger partial charge in [-0.2, -0.15) is 0 Å². The summed E-state index contributed by atoms with van der Waals surface area (Å²) in [5.41, 5.74) is 6.92. The third-order valence-electron chi connectivity index (χ3n) is 2.98. The summed E-state index contributed by atoms with van der Waals surface area (Å²) in [6, 6.07) is 7.97. The second kappa shape index (κ2) is 4.53. The number of rotatable bonds is 2. The zero-order valence-electron chi connectivity index (χ0n) is 9.44. The highest BCUT2D eigenvalue weighted by atomic mass is 16.1. The Labute approximate surface area is 95.4 Å². The SMILES string of the molecule is CC1CNCCN1c1ccc(C(N)=O)cc1. The van der Waals surface area contributed by atoms with E-state index in [1.165, 1.54) is 0 Å². The molecular weight excluding hydrogens is 202 g/mol. The minimum atomic E-state index is -0.375. The summed E-state index contributed by atoms with van der Waals surface area (Å²) in [6.07, 6.45) is 0. The Balaban J connectivity index is 2.17. The molecule has 4 nitrogen and oxygen atoms in total. The highest BCUT2D eigenvalue weighted by molar-refractivity contribution is 5.93. The molecule has 4 heteroatoms. The van der Waals surface area contributed by atoms with Crippen LogP contribution in [0.25, 0.3) is 0 Å². The van der Waals surface area contributed by atoms with Crippen LogP contribution >= 0.6 is 0 Å². The summed E-state index contributed by atoms with van der Waals surface area (Å²) >= 11 is 0. The molecule has 1 aliphatic heterocycles. The molecule has 86 valence electrons. The molecule has 0 saturated carbocycles. The average molecular weight is 219 g/mol. The molecule has 1 aromatic carbocycles. The zero-order chi connectivity index (χ0) is 11.5. The number of anilines is 1. The number of piperazine rings is 1. The molecule has 1 saturated heterocycles. The summed E-state index contributed by atoms with van der Waals surface area (Å²) in [5, 5.41) is 3.35. The lowest BCUT2D eigenvalue weighted by molar-refractivity contribution is 0.100. The van der Waals surface area contributed by atoms with Crippen molar-refractivity contribution in [2.75, 3.05) is 24.5 Å². The Hall–Kier alpha value is -1.55. The van der Waals surface area contributed by atoms with Gasteiger partial charge >= 0.3 is 0 Å². The molecule has 1 atom stereocenters. The zero-order valence-corrected chi connectivity index (χ0v) is 9.44. The molecule has 16 heavy (non-hydrogen) atoms. The van der Waals surface area contributed by atoms with E-state index < -0.39 is 0 Å². The van der Waals surface area contributed by atoms with E-state index in [9.17, 15) is 4.79 Å². The van der Waals surface area contributed by atoms with Gasteiger partial charge in [-0.15, -0.1) is 0 Å². The van der Waals surface area contributed by atoms with Crippen LogP contribution in [0.1, 0.15) is 17.3 Å². The molecule has 1 unspecified atom stereocenters. The van der Waals surface area contributed by atoms with Gasteiger partial charge in [-0.3, -0.25) is 4.79 Å². The third-order valence-corrected chi connectivity index (χ3v) is 2.98. The average Bonchev–Trinajstić information content (AvgIpc) is 2.30. The maximum atomic E-state index is 11.0. The Kier molecular flexibility index (Phi) is 3.10. The van der Waals surface area contributed by atoms with Gasteiger partial charge in [-0.05, 0) is 31.2 Å². The Morgan fingerprint density at radius 2 is 2.12 bits per heavy atom. The largest absolute Gasteiger partial charge is 0.366 e. The molecule has 1 heterocycles. The Morgan fingerprint density at radius 3 is 2.69 bits per heavy atom. The van der Waals surface area contributed by atoms with Crippen molar-refractivity contribution in [1.82, 2.24) is 5.32 Å². The van der Waals surface area contributed by atoms with Gasteiger partial charge < -0.3 is 16.0 Å². The van der Waals surface area contributed by atoms with Gasteiger partial charge in [0.2, 0.25) is 5.91 Å². The lowest BCUT2D eigenvalue weighted by Crippen LogP contribution is -2.49. The minimum Gasteiger partial charge on any atom is -0.366 e. The summed E-state index contributed by atoms with van der Waals surface area (Å²) in [5.74, 6) is -0.375. The lowest BCUT2D eigenvalue weighted by Gasteiger charge is -2.35. The first-order valence-corrected chi connectivity index (χ1v) is 5.55. The van der Waals surface area contributed by atoms with E-state index >= 15 is 0 Å². The number of nitrogens with zero attached hydrogens (tertiary/aromatic N) is 1. The molecule has 0 bridgehead atoms. The van der Waals surface area contributed by atoms with E-state index in [-0.39, 0.29) is 5.91 Å². The van der Waals surface area contributed by atoms with E-state index in [2.05, 4.69) is 17.1 Å². The van der Waals surface area contributed by atoms with E-state index in [0.717, 1.165) is 25.3 Å². The number of hydrogen-bond acceptors (Lipinski definition) is 3. The maximum Gasteiger partial charge on any atom is 0.248 e. The molecule has 0 aromatic heterocycles. The van der Waals surface area contributed by atoms with Crippen molar-refractivity contribution in [2.24, 2.45) is 5.73 Å².